The van der Waals surface area contributed by atoms with Gasteiger partial charge in [0.25, 0.3) is 0 Å². The fourth-order valence-electron chi connectivity index (χ4n) is 2.21. The molecule has 0 amide bonds. The summed E-state index contributed by atoms with van der Waals surface area (Å²) < 4.78 is 5.82. The van der Waals surface area contributed by atoms with Crippen molar-refractivity contribution in [1.82, 2.24) is 10.3 Å². The van der Waals surface area contributed by atoms with Crippen molar-refractivity contribution in [1.29, 1.82) is 0 Å². The van der Waals surface area contributed by atoms with Gasteiger partial charge < -0.3 is 10.1 Å². The van der Waals surface area contributed by atoms with Crippen LogP contribution in [-0.2, 0) is 13.0 Å². The van der Waals surface area contributed by atoms with Crippen LogP contribution in [0.1, 0.15) is 64.6 Å². The number of nitrogens with one attached hydrogen (secondary N) is 1. The maximum absolute atomic E-state index is 5.82. The highest BCUT2D eigenvalue weighted by Crippen LogP contribution is 2.15. The smallest absolute Gasteiger partial charge is 0.213 e. The van der Waals surface area contributed by atoms with Crippen LogP contribution in [-0.4, -0.2) is 18.1 Å². The molecule has 0 unspecified atom stereocenters. The largest absolute Gasteiger partial charge is 0.478 e. The fourth-order valence-corrected chi connectivity index (χ4v) is 2.21. The van der Waals surface area contributed by atoms with E-state index in [1.54, 1.807) is 0 Å². The van der Waals surface area contributed by atoms with Gasteiger partial charge >= 0.3 is 0 Å². The van der Waals surface area contributed by atoms with Gasteiger partial charge in [-0.05, 0) is 36.9 Å². The van der Waals surface area contributed by atoms with E-state index in [-0.39, 0.29) is 0 Å². The summed E-state index contributed by atoms with van der Waals surface area (Å²) in [4.78, 5) is 4.61. The molecule has 3 nitrogen and oxygen atoms in total. The third kappa shape index (κ3) is 8.05. The molecule has 0 aliphatic carbocycles. The maximum Gasteiger partial charge on any atom is 0.213 e. The monoisotopic (exact) mass is 292 g/mol. The zero-order valence-corrected chi connectivity index (χ0v) is 14.2. The summed E-state index contributed by atoms with van der Waals surface area (Å²) >= 11 is 0. The topological polar surface area (TPSA) is 34.1 Å². The molecule has 0 aromatic carbocycles. The Morgan fingerprint density at radius 3 is 2.62 bits per heavy atom. The lowest BCUT2D eigenvalue weighted by Gasteiger charge is -2.11. The molecule has 0 saturated heterocycles. The molecule has 0 aliphatic rings. The van der Waals surface area contributed by atoms with E-state index in [0.29, 0.717) is 5.92 Å². The summed E-state index contributed by atoms with van der Waals surface area (Å²) in [5.74, 6) is 1.46. The number of aryl methyl sites for hydroxylation is 1. The van der Waals surface area contributed by atoms with Crippen LogP contribution in [0.2, 0.25) is 0 Å². The summed E-state index contributed by atoms with van der Waals surface area (Å²) in [6, 6.07) is 4.29. The second-order valence-corrected chi connectivity index (χ2v) is 6.14. The Balaban J connectivity index is 2.61. The quantitative estimate of drug-likeness (QED) is 0.616. The number of unbranched alkanes of at least 4 members (excludes halogenated alkanes) is 2. The van der Waals surface area contributed by atoms with E-state index in [0.717, 1.165) is 50.5 Å². The predicted molar refractivity (Wildman–Crippen MR) is 89.8 cm³/mol. The van der Waals surface area contributed by atoms with Crippen LogP contribution in [0.25, 0.3) is 0 Å². The summed E-state index contributed by atoms with van der Waals surface area (Å²) in [6.07, 6.45) is 5.68. The highest BCUT2D eigenvalue weighted by atomic mass is 16.5. The molecule has 21 heavy (non-hydrogen) atoms. The Kier molecular flexibility index (Phi) is 9.07. The van der Waals surface area contributed by atoms with Gasteiger partial charge in [0.05, 0.1) is 6.61 Å². The molecule has 1 heterocycles. The molecule has 120 valence electrons. The lowest BCUT2D eigenvalue weighted by atomic mass is 10.1. The first kappa shape index (κ1) is 18.0. The Morgan fingerprint density at radius 2 is 1.95 bits per heavy atom. The zero-order valence-electron chi connectivity index (χ0n) is 14.2. The molecule has 0 saturated carbocycles. The van der Waals surface area contributed by atoms with Gasteiger partial charge in [-0.3, -0.25) is 0 Å². The number of aromatic nitrogens is 1. The molecule has 0 aliphatic heterocycles. The SMILES string of the molecule is CCCCCOc1cc(CNCC(C)C)cc(CCC)n1. The minimum Gasteiger partial charge on any atom is -0.478 e. The number of nitrogens with zero attached hydrogens (tertiary/aromatic N) is 1. The Morgan fingerprint density at radius 1 is 1.14 bits per heavy atom. The average Bonchev–Trinajstić information content (AvgIpc) is 2.43. The van der Waals surface area contributed by atoms with E-state index in [2.05, 4.69) is 50.1 Å². The predicted octanol–water partition coefficient (Wildman–Crippen LogP) is 4.35. The summed E-state index contributed by atoms with van der Waals surface area (Å²) in [7, 11) is 0. The lowest BCUT2D eigenvalue weighted by Crippen LogP contribution is -2.19. The number of hydrogen-bond donors (Lipinski definition) is 1. The molecule has 1 aromatic heterocycles. The minimum absolute atomic E-state index is 0.673. The van der Waals surface area contributed by atoms with Gasteiger partial charge in [-0.2, -0.15) is 0 Å². The molecule has 1 rings (SSSR count). The molecular weight excluding hydrogens is 260 g/mol. The average molecular weight is 292 g/mol. The van der Waals surface area contributed by atoms with E-state index >= 15 is 0 Å². The number of ether oxygens (including phenoxy) is 1. The molecule has 0 bridgehead atoms. The highest BCUT2D eigenvalue weighted by Gasteiger charge is 2.04. The first-order chi connectivity index (χ1) is 10.2. The lowest BCUT2D eigenvalue weighted by molar-refractivity contribution is 0.293. The van der Waals surface area contributed by atoms with Crippen LogP contribution in [0.15, 0.2) is 12.1 Å². The molecule has 1 N–H and O–H groups in total. The van der Waals surface area contributed by atoms with Gasteiger partial charge in [0.15, 0.2) is 0 Å². The summed E-state index contributed by atoms with van der Waals surface area (Å²) in [5.41, 5.74) is 2.42. The normalized spacial score (nSPS) is 11.1. The van der Waals surface area contributed by atoms with Gasteiger partial charge in [-0.25, -0.2) is 4.98 Å². The minimum atomic E-state index is 0.673. The van der Waals surface area contributed by atoms with E-state index in [1.165, 1.54) is 18.4 Å². The van der Waals surface area contributed by atoms with Crippen LogP contribution < -0.4 is 10.1 Å². The van der Waals surface area contributed by atoms with Crippen molar-refractivity contribution >= 4 is 0 Å². The molecule has 1 aromatic rings. The summed E-state index contributed by atoms with van der Waals surface area (Å²) in [6.45, 7) is 11.6. The van der Waals surface area contributed by atoms with Gasteiger partial charge in [0, 0.05) is 18.3 Å². The Bertz CT molecular complexity index is 391. The fraction of sp³-hybridized carbons (Fsp3) is 0.722. The second kappa shape index (κ2) is 10.6. The van der Waals surface area contributed by atoms with Crippen molar-refractivity contribution in [3.63, 3.8) is 0 Å². The Labute approximate surface area is 130 Å². The Hall–Kier alpha value is -1.09. The van der Waals surface area contributed by atoms with E-state index in [1.807, 2.05) is 0 Å². The van der Waals surface area contributed by atoms with Crippen molar-refractivity contribution in [2.45, 2.75) is 66.3 Å². The molecule has 0 atom stereocenters. The third-order valence-electron chi connectivity index (χ3n) is 3.30. The van der Waals surface area contributed by atoms with Crippen LogP contribution in [0.3, 0.4) is 0 Å². The van der Waals surface area contributed by atoms with Crippen molar-refractivity contribution in [3.8, 4) is 5.88 Å². The van der Waals surface area contributed by atoms with Gasteiger partial charge in [0.2, 0.25) is 5.88 Å². The van der Waals surface area contributed by atoms with Crippen molar-refractivity contribution in [2.24, 2.45) is 5.92 Å². The number of pyridine rings is 1. The van der Waals surface area contributed by atoms with Crippen molar-refractivity contribution in [3.05, 3.63) is 23.4 Å². The molecule has 3 heteroatoms. The van der Waals surface area contributed by atoms with E-state index < -0.39 is 0 Å². The number of hydrogen-bond acceptors (Lipinski definition) is 3. The molecule has 0 fully saturated rings. The van der Waals surface area contributed by atoms with Crippen molar-refractivity contribution in [2.75, 3.05) is 13.2 Å². The standard InChI is InChI=1S/C18H32N2O/c1-5-7-8-10-21-18-12-16(14-19-13-15(3)4)11-17(20-18)9-6-2/h11-12,15,19H,5-10,13-14H2,1-4H3. The summed E-state index contributed by atoms with van der Waals surface area (Å²) in [5, 5.41) is 3.49. The van der Waals surface area contributed by atoms with E-state index in [4.69, 9.17) is 4.74 Å². The highest BCUT2D eigenvalue weighted by molar-refractivity contribution is 5.25. The molecule has 0 radical (unpaired) electrons. The molecular formula is C18H32N2O. The zero-order chi connectivity index (χ0) is 15.5. The molecule has 0 spiro atoms. The van der Waals surface area contributed by atoms with Crippen LogP contribution >= 0.6 is 0 Å². The van der Waals surface area contributed by atoms with Crippen LogP contribution in [0, 0.1) is 5.92 Å². The van der Waals surface area contributed by atoms with E-state index in [9.17, 15) is 0 Å². The number of rotatable bonds is 11. The van der Waals surface area contributed by atoms with Gasteiger partial charge in [-0.15, -0.1) is 0 Å². The van der Waals surface area contributed by atoms with Gasteiger partial charge in [0.1, 0.15) is 0 Å². The van der Waals surface area contributed by atoms with Crippen LogP contribution in [0.4, 0.5) is 0 Å². The van der Waals surface area contributed by atoms with Gasteiger partial charge in [-0.1, -0.05) is 47.0 Å². The van der Waals surface area contributed by atoms with Crippen molar-refractivity contribution < 1.29 is 4.74 Å². The third-order valence-corrected chi connectivity index (χ3v) is 3.30. The second-order valence-electron chi connectivity index (χ2n) is 6.14. The first-order valence-electron chi connectivity index (χ1n) is 8.49. The van der Waals surface area contributed by atoms with Crippen LogP contribution in [0.5, 0.6) is 5.88 Å². The maximum atomic E-state index is 5.82. The first-order valence-corrected chi connectivity index (χ1v) is 8.49.